The van der Waals surface area contributed by atoms with Crippen LogP contribution < -0.4 is 5.73 Å². The van der Waals surface area contributed by atoms with E-state index in [0.29, 0.717) is 11.3 Å². The number of nitrogens with zero attached hydrogens (tertiary/aromatic N) is 5. The molecule has 4 aromatic rings. The minimum absolute atomic E-state index is 0.132. The van der Waals surface area contributed by atoms with Gasteiger partial charge in [0.2, 0.25) is 0 Å². The van der Waals surface area contributed by atoms with Crippen LogP contribution in [0.4, 0.5) is 21.6 Å². The Bertz CT molecular complexity index is 1080. The number of nitrogens with two attached hydrogens (primary N) is 1. The predicted molar refractivity (Wildman–Crippen MR) is 96.0 cm³/mol. The van der Waals surface area contributed by atoms with E-state index in [-0.39, 0.29) is 11.5 Å². The SMILES string of the molecule is Cc1cc(-c2cccs2)n2nc(N)c(N=Nc3ccccc3F)c2n1. The van der Waals surface area contributed by atoms with Gasteiger partial charge in [-0.3, -0.25) is 0 Å². The molecule has 0 bridgehead atoms. The van der Waals surface area contributed by atoms with Crippen LogP contribution in [0.3, 0.4) is 0 Å². The molecule has 0 saturated heterocycles. The molecule has 124 valence electrons. The van der Waals surface area contributed by atoms with Gasteiger partial charge >= 0.3 is 0 Å². The van der Waals surface area contributed by atoms with Crippen LogP contribution in [0.25, 0.3) is 16.2 Å². The van der Waals surface area contributed by atoms with Crippen molar-refractivity contribution in [2.24, 2.45) is 10.2 Å². The Morgan fingerprint density at radius 2 is 2.00 bits per heavy atom. The smallest absolute Gasteiger partial charge is 0.186 e. The Labute approximate surface area is 146 Å². The van der Waals surface area contributed by atoms with Gasteiger partial charge < -0.3 is 5.73 Å². The van der Waals surface area contributed by atoms with E-state index in [1.807, 2.05) is 30.5 Å². The van der Waals surface area contributed by atoms with Gasteiger partial charge in [0, 0.05) is 5.69 Å². The van der Waals surface area contributed by atoms with Gasteiger partial charge in [0.15, 0.2) is 23.0 Å². The molecule has 0 atom stereocenters. The molecule has 0 fully saturated rings. The Morgan fingerprint density at radius 1 is 1.16 bits per heavy atom. The van der Waals surface area contributed by atoms with Crippen LogP contribution in [0.1, 0.15) is 5.69 Å². The minimum Gasteiger partial charge on any atom is -0.380 e. The molecule has 0 aliphatic carbocycles. The third-order valence-electron chi connectivity index (χ3n) is 3.60. The van der Waals surface area contributed by atoms with Crippen LogP contribution in [0, 0.1) is 12.7 Å². The zero-order chi connectivity index (χ0) is 17.4. The number of thiophene rings is 1. The van der Waals surface area contributed by atoms with Crippen molar-refractivity contribution in [3.05, 3.63) is 59.4 Å². The second-order valence-electron chi connectivity index (χ2n) is 5.38. The number of hydrogen-bond donors (Lipinski definition) is 1. The van der Waals surface area contributed by atoms with E-state index in [0.717, 1.165) is 16.3 Å². The van der Waals surface area contributed by atoms with Gasteiger partial charge in [-0.15, -0.1) is 26.7 Å². The van der Waals surface area contributed by atoms with Crippen molar-refractivity contribution in [2.45, 2.75) is 6.92 Å². The van der Waals surface area contributed by atoms with E-state index in [2.05, 4.69) is 20.3 Å². The quantitative estimate of drug-likeness (QED) is 0.532. The number of nitrogen functional groups attached to an aromatic ring is 1. The third-order valence-corrected chi connectivity index (χ3v) is 4.50. The van der Waals surface area contributed by atoms with Crippen molar-refractivity contribution in [1.29, 1.82) is 0 Å². The summed E-state index contributed by atoms with van der Waals surface area (Å²) in [5.74, 6) is -0.263. The van der Waals surface area contributed by atoms with Crippen LogP contribution >= 0.6 is 11.3 Å². The number of aromatic nitrogens is 3. The number of hydrogen-bond acceptors (Lipinski definition) is 6. The van der Waals surface area contributed by atoms with E-state index in [9.17, 15) is 4.39 Å². The fourth-order valence-electron chi connectivity index (χ4n) is 2.48. The molecule has 6 nitrogen and oxygen atoms in total. The van der Waals surface area contributed by atoms with Crippen molar-refractivity contribution in [2.75, 3.05) is 5.73 Å². The van der Waals surface area contributed by atoms with E-state index in [1.54, 1.807) is 28.0 Å². The topological polar surface area (TPSA) is 80.9 Å². The Morgan fingerprint density at radius 3 is 2.76 bits per heavy atom. The average Bonchev–Trinajstić information content (AvgIpc) is 3.22. The van der Waals surface area contributed by atoms with Gasteiger partial charge in [-0.1, -0.05) is 18.2 Å². The van der Waals surface area contributed by atoms with Crippen molar-refractivity contribution in [1.82, 2.24) is 14.6 Å². The number of benzene rings is 1. The van der Waals surface area contributed by atoms with Gasteiger partial charge in [0.05, 0.1) is 10.6 Å². The van der Waals surface area contributed by atoms with Crippen molar-refractivity contribution >= 4 is 34.2 Å². The molecule has 1 aromatic carbocycles. The standard InChI is InChI=1S/C17H13FN6S/c1-10-9-13(14-7-4-8-25-14)24-17(20-10)15(16(19)23-24)22-21-12-6-3-2-5-11(12)18/h2-9H,1H3,(H2,19,23). The molecule has 0 amide bonds. The lowest BCUT2D eigenvalue weighted by atomic mass is 10.3. The molecule has 0 radical (unpaired) electrons. The van der Waals surface area contributed by atoms with Gasteiger partial charge in [0.25, 0.3) is 0 Å². The molecule has 0 saturated carbocycles. The fourth-order valence-corrected chi connectivity index (χ4v) is 3.20. The summed E-state index contributed by atoms with van der Waals surface area (Å²) in [6.07, 6.45) is 0. The third kappa shape index (κ3) is 2.76. The molecule has 8 heteroatoms. The lowest BCUT2D eigenvalue weighted by molar-refractivity contribution is 0.628. The van der Waals surface area contributed by atoms with Gasteiger partial charge in [-0.25, -0.2) is 13.9 Å². The van der Waals surface area contributed by atoms with Gasteiger partial charge in [-0.05, 0) is 36.6 Å². The first-order chi connectivity index (χ1) is 12.1. The number of fused-ring (bicyclic) bond motifs is 1. The fraction of sp³-hybridized carbons (Fsp3) is 0.0588. The summed E-state index contributed by atoms with van der Waals surface area (Å²) in [4.78, 5) is 5.52. The van der Waals surface area contributed by atoms with E-state index in [1.165, 1.54) is 12.1 Å². The Balaban J connectivity index is 1.88. The molecule has 0 aliphatic rings. The molecule has 0 spiro atoms. The summed E-state index contributed by atoms with van der Waals surface area (Å²) in [7, 11) is 0. The van der Waals surface area contributed by atoms with Crippen LogP contribution in [0.2, 0.25) is 0 Å². The molecule has 4 rings (SSSR count). The first-order valence-electron chi connectivity index (χ1n) is 7.49. The Kier molecular flexibility index (Phi) is 3.73. The van der Waals surface area contributed by atoms with Crippen LogP contribution in [0.15, 0.2) is 58.1 Å². The largest absolute Gasteiger partial charge is 0.380 e. The second kappa shape index (κ2) is 6.06. The highest BCUT2D eigenvalue weighted by Crippen LogP contribution is 2.33. The first kappa shape index (κ1) is 15.4. The maximum atomic E-state index is 13.7. The van der Waals surface area contributed by atoms with Crippen LogP contribution in [0.5, 0.6) is 0 Å². The number of anilines is 1. The number of halogens is 1. The molecular formula is C17H13FN6S. The maximum absolute atomic E-state index is 13.7. The molecule has 0 unspecified atom stereocenters. The molecule has 0 aliphatic heterocycles. The van der Waals surface area contributed by atoms with Crippen LogP contribution in [-0.2, 0) is 0 Å². The molecule has 3 heterocycles. The Hall–Kier alpha value is -3.13. The van der Waals surface area contributed by atoms with E-state index < -0.39 is 5.82 Å². The summed E-state index contributed by atoms with van der Waals surface area (Å²) in [5.41, 5.74) is 8.63. The number of azo groups is 1. The highest BCUT2D eigenvalue weighted by atomic mass is 32.1. The summed E-state index contributed by atoms with van der Waals surface area (Å²) < 4.78 is 15.4. The highest BCUT2D eigenvalue weighted by molar-refractivity contribution is 7.13. The number of rotatable bonds is 3. The lowest BCUT2D eigenvalue weighted by Gasteiger charge is -2.03. The van der Waals surface area contributed by atoms with E-state index in [4.69, 9.17) is 5.73 Å². The average molecular weight is 352 g/mol. The minimum atomic E-state index is -0.454. The van der Waals surface area contributed by atoms with Gasteiger partial charge in [-0.2, -0.15) is 0 Å². The molecule has 2 N–H and O–H groups in total. The first-order valence-corrected chi connectivity index (χ1v) is 8.37. The predicted octanol–water partition coefficient (Wildman–Crippen LogP) is 4.90. The molecule has 25 heavy (non-hydrogen) atoms. The number of aryl methyl sites for hydroxylation is 1. The maximum Gasteiger partial charge on any atom is 0.186 e. The highest BCUT2D eigenvalue weighted by Gasteiger charge is 2.16. The zero-order valence-corrected chi connectivity index (χ0v) is 14.0. The normalized spacial score (nSPS) is 11.6. The van der Waals surface area contributed by atoms with Crippen molar-refractivity contribution < 1.29 is 4.39 Å². The van der Waals surface area contributed by atoms with Gasteiger partial charge in [0.1, 0.15) is 5.69 Å². The van der Waals surface area contributed by atoms with Crippen molar-refractivity contribution in [3.63, 3.8) is 0 Å². The molecular weight excluding hydrogens is 339 g/mol. The molecule has 3 aromatic heterocycles. The summed E-state index contributed by atoms with van der Waals surface area (Å²) >= 11 is 1.59. The zero-order valence-electron chi connectivity index (χ0n) is 13.2. The van der Waals surface area contributed by atoms with Crippen LogP contribution in [-0.4, -0.2) is 14.6 Å². The summed E-state index contributed by atoms with van der Waals surface area (Å²) in [6.45, 7) is 1.89. The second-order valence-corrected chi connectivity index (χ2v) is 6.33. The monoisotopic (exact) mass is 352 g/mol. The van der Waals surface area contributed by atoms with Crippen molar-refractivity contribution in [3.8, 4) is 10.6 Å². The summed E-state index contributed by atoms with van der Waals surface area (Å²) in [5, 5.41) is 14.4. The van der Waals surface area contributed by atoms with E-state index >= 15 is 0 Å². The lowest BCUT2D eigenvalue weighted by Crippen LogP contribution is -1.97. The summed E-state index contributed by atoms with van der Waals surface area (Å²) in [6, 6.07) is 12.0.